The van der Waals surface area contributed by atoms with Crippen LogP contribution in [0.2, 0.25) is 0 Å². The number of likely N-dealkylation sites (N-methyl/N-ethyl adjacent to an activating group) is 1. The minimum Gasteiger partial charge on any atom is -0.508 e. The van der Waals surface area contributed by atoms with Gasteiger partial charge in [0.25, 0.3) is 0 Å². The van der Waals surface area contributed by atoms with Crippen molar-refractivity contribution in [2.24, 2.45) is 0 Å². The van der Waals surface area contributed by atoms with Gasteiger partial charge in [0.15, 0.2) is 0 Å². The largest absolute Gasteiger partial charge is 0.508 e. The molecule has 0 heterocycles. The monoisotopic (exact) mass is 405 g/mol. The van der Waals surface area contributed by atoms with Gasteiger partial charge in [0.1, 0.15) is 23.7 Å². The Morgan fingerprint density at radius 1 is 0.900 bits per heavy atom. The van der Waals surface area contributed by atoms with Crippen LogP contribution >= 0.6 is 0 Å². The summed E-state index contributed by atoms with van der Waals surface area (Å²) in [6.45, 7) is 3.51. The van der Waals surface area contributed by atoms with E-state index >= 15 is 0 Å². The van der Waals surface area contributed by atoms with Crippen molar-refractivity contribution in [2.45, 2.75) is 24.9 Å². The Bertz CT molecular complexity index is 925. The average Bonchev–Trinajstić information content (AvgIpc) is 2.75. The van der Waals surface area contributed by atoms with Gasteiger partial charge in [-0.1, -0.05) is 61.5 Å². The summed E-state index contributed by atoms with van der Waals surface area (Å²) >= 11 is 0. The van der Waals surface area contributed by atoms with Crippen LogP contribution in [0.1, 0.15) is 36.0 Å². The second-order valence-corrected chi connectivity index (χ2v) is 7.86. The number of hydrogen-bond donors (Lipinski definition) is 2. The summed E-state index contributed by atoms with van der Waals surface area (Å²) in [5.41, 5.74) is 1.19. The van der Waals surface area contributed by atoms with Crippen molar-refractivity contribution >= 4 is 0 Å². The van der Waals surface area contributed by atoms with Crippen molar-refractivity contribution in [1.29, 1.82) is 0 Å². The molecule has 0 amide bonds. The molecular formula is C26H31NO3. The van der Waals surface area contributed by atoms with Crippen LogP contribution in [0, 0.1) is 0 Å². The summed E-state index contributed by atoms with van der Waals surface area (Å²) in [5, 5.41) is 22.3. The Hall–Kier alpha value is -2.82. The molecule has 3 aromatic rings. The van der Waals surface area contributed by atoms with Crippen LogP contribution in [0.15, 0.2) is 78.9 Å². The Morgan fingerprint density at radius 2 is 1.60 bits per heavy atom. The molecule has 4 heteroatoms. The Labute approximate surface area is 179 Å². The van der Waals surface area contributed by atoms with Crippen molar-refractivity contribution in [3.8, 4) is 11.5 Å². The van der Waals surface area contributed by atoms with Gasteiger partial charge in [-0.15, -0.1) is 0 Å². The van der Waals surface area contributed by atoms with Gasteiger partial charge in [-0.2, -0.15) is 0 Å². The topological polar surface area (TPSA) is 52.9 Å². The van der Waals surface area contributed by atoms with E-state index in [1.807, 2.05) is 74.8 Å². The number of aromatic hydroxyl groups is 1. The van der Waals surface area contributed by atoms with Gasteiger partial charge in [0.2, 0.25) is 0 Å². The fraction of sp³-hybridized carbons (Fsp3) is 0.308. The van der Waals surface area contributed by atoms with E-state index in [4.69, 9.17) is 4.74 Å². The van der Waals surface area contributed by atoms with E-state index in [0.717, 1.165) is 29.8 Å². The number of phenols is 1. The maximum atomic E-state index is 12.2. The van der Waals surface area contributed by atoms with Gasteiger partial charge in [0, 0.05) is 12.5 Å². The minimum atomic E-state index is -1.29. The second-order valence-electron chi connectivity index (χ2n) is 7.86. The van der Waals surface area contributed by atoms with E-state index in [1.165, 1.54) is 0 Å². The predicted molar refractivity (Wildman–Crippen MR) is 121 cm³/mol. The quantitative estimate of drug-likeness (QED) is 0.539. The van der Waals surface area contributed by atoms with Gasteiger partial charge in [-0.3, -0.25) is 0 Å². The lowest BCUT2D eigenvalue weighted by Gasteiger charge is -2.37. The van der Waals surface area contributed by atoms with E-state index in [-0.39, 0.29) is 11.7 Å². The molecule has 3 aromatic carbocycles. The van der Waals surface area contributed by atoms with Gasteiger partial charge in [-0.05, 0) is 61.5 Å². The number of benzene rings is 3. The molecule has 0 spiro atoms. The molecule has 4 nitrogen and oxygen atoms in total. The molecule has 0 aliphatic heterocycles. The van der Waals surface area contributed by atoms with Crippen molar-refractivity contribution < 1.29 is 14.9 Å². The fourth-order valence-corrected chi connectivity index (χ4v) is 3.92. The van der Waals surface area contributed by atoms with Crippen LogP contribution in [-0.2, 0) is 5.60 Å². The molecule has 0 saturated heterocycles. The van der Waals surface area contributed by atoms with Crippen LogP contribution < -0.4 is 4.74 Å². The van der Waals surface area contributed by atoms with E-state index in [2.05, 4.69) is 11.8 Å². The van der Waals surface area contributed by atoms with Gasteiger partial charge in [0.05, 0.1) is 0 Å². The lowest BCUT2D eigenvalue weighted by molar-refractivity contribution is 0.0474. The zero-order valence-corrected chi connectivity index (χ0v) is 18.0. The molecule has 0 bridgehead atoms. The van der Waals surface area contributed by atoms with E-state index in [1.54, 1.807) is 18.2 Å². The standard InChI is InChI=1S/C26H31NO3/c1-4-25(20-9-6-5-7-10-20)26(29,22-11-8-12-23(28)19-22)21-13-15-24(16-14-21)30-18-17-27(2)3/h5-16,19,25,28-29H,4,17-18H2,1-3H3/t25-,26-/m1/s1. The molecule has 158 valence electrons. The second kappa shape index (κ2) is 9.79. The van der Waals surface area contributed by atoms with Crippen molar-refractivity contribution in [1.82, 2.24) is 4.90 Å². The Morgan fingerprint density at radius 3 is 2.20 bits per heavy atom. The number of rotatable bonds is 9. The van der Waals surface area contributed by atoms with Gasteiger partial charge >= 0.3 is 0 Å². The number of hydrogen-bond acceptors (Lipinski definition) is 4. The highest BCUT2D eigenvalue weighted by Gasteiger charge is 2.40. The zero-order valence-electron chi connectivity index (χ0n) is 18.0. The number of phenolic OH excluding ortho intramolecular Hbond substituents is 1. The first-order valence-corrected chi connectivity index (χ1v) is 10.4. The molecule has 2 atom stereocenters. The van der Waals surface area contributed by atoms with Crippen molar-refractivity contribution in [3.05, 3.63) is 95.6 Å². The zero-order chi connectivity index (χ0) is 21.6. The van der Waals surface area contributed by atoms with Gasteiger partial charge < -0.3 is 19.8 Å². The number of aliphatic hydroxyl groups is 1. The Balaban J connectivity index is 2.02. The van der Waals surface area contributed by atoms with Crippen molar-refractivity contribution in [3.63, 3.8) is 0 Å². The molecule has 0 fully saturated rings. The third-order valence-electron chi connectivity index (χ3n) is 5.50. The van der Waals surface area contributed by atoms with E-state index in [0.29, 0.717) is 12.2 Å². The fourth-order valence-electron chi connectivity index (χ4n) is 3.92. The number of nitrogens with zero attached hydrogens (tertiary/aromatic N) is 1. The summed E-state index contributed by atoms with van der Waals surface area (Å²) in [5.74, 6) is 0.727. The molecule has 0 radical (unpaired) electrons. The smallest absolute Gasteiger partial charge is 0.122 e. The molecule has 2 N–H and O–H groups in total. The summed E-state index contributed by atoms with van der Waals surface area (Å²) in [7, 11) is 4.02. The highest BCUT2D eigenvalue weighted by molar-refractivity contribution is 5.45. The summed E-state index contributed by atoms with van der Waals surface area (Å²) < 4.78 is 5.82. The first kappa shape index (κ1) is 21.9. The minimum absolute atomic E-state index is 0.137. The normalized spacial score (nSPS) is 14.3. The summed E-state index contributed by atoms with van der Waals surface area (Å²) in [4.78, 5) is 2.07. The van der Waals surface area contributed by atoms with Crippen LogP contribution in [0.5, 0.6) is 11.5 Å². The third kappa shape index (κ3) is 4.84. The average molecular weight is 406 g/mol. The summed E-state index contributed by atoms with van der Waals surface area (Å²) in [6.07, 6.45) is 0.733. The lowest BCUT2D eigenvalue weighted by atomic mass is 9.72. The highest BCUT2D eigenvalue weighted by Crippen LogP contribution is 2.45. The van der Waals surface area contributed by atoms with Crippen LogP contribution in [0.3, 0.4) is 0 Å². The molecule has 3 rings (SSSR count). The molecule has 0 saturated carbocycles. The SMILES string of the molecule is CC[C@H](c1ccccc1)[C@@](O)(c1ccc(OCCN(C)C)cc1)c1cccc(O)c1. The molecule has 0 aliphatic rings. The van der Waals surface area contributed by atoms with Gasteiger partial charge in [-0.25, -0.2) is 0 Å². The summed E-state index contributed by atoms with van der Waals surface area (Å²) in [6, 6.07) is 24.6. The van der Waals surface area contributed by atoms with Crippen LogP contribution in [-0.4, -0.2) is 42.4 Å². The first-order valence-electron chi connectivity index (χ1n) is 10.4. The molecule has 0 aromatic heterocycles. The van der Waals surface area contributed by atoms with Crippen molar-refractivity contribution in [2.75, 3.05) is 27.2 Å². The molecule has 30 heavy (non-hydrogen) atoms. The van der Waals surface area contributed by atoms with Crippen LogP contribution in [0.4, 0.5) is 0 Å². The third-order valence-corrected chi connectivity index (χ3v) is 5.50. The Kier molecular flexibility index (Phi) is 7.14. The lowest BCUT2D eigenvalue weighted by Crippen LogP contribution is -2.34. The molecular weight excluding hydrogens is 374 g/mol. The maximum Gasteiger partial charge on any atom is 0.122 e. The maximum absolute atomic E-state index is 12.2. The molecule has 0 aliphatic carbocycles. The predicted octanol–water partition coefficient (Wildman–Crippen LogP) is 4.76. The van der Waals surface area contributed by atoms with E-state index in [9.17, 15) is 10.2 Å². The molecule has 0 unspecified atom stereocenters. The van der Waals surface area contributed by atoms with E-state index < -0.39 is 5.60 Å². The highest BCUT2D eigenvalue weighted by atomic mass is 16.5. The van der Waals surface area contributed by atoms with Crippen LogP contribution in [0.25, 0.3) is 0 Å². The first-order chi connectivity index (χ1) is 14.4. The number of ether oxygens (including phenoxy) is 1.